The second kappa shape index (κ2) is 7.11. The first-order valence-corrected chi connectivity index (χ1v) is 10.3. The Hall–Kier alpha value is -2.44. The van der Waals surface area contributed by atoms with Gasteiger partial charge < -0.3 is 4.74 Å². The van der Waals surface area contributed by atoms with E-state index in [0.717, 1.165) is 51.4 Å². The lowest BCUT2D eigenvalue weighted by Gasteiger charge is -2.51. The van der Waals surface area contributed by atoms with Gasteiger partial charge in [-0.15, -0.1) is 0 Å². The Morgan fingerprint density at radius 3 is 2.55 bits per heavy atom. The molecule has 1 unspecified atom stereocenters. The minimum atomic E-state index is -0.415. The lowest BCUT2D eigenvalue weighted by atomic mass is 9.84. The number of aryl methyl sites for hydroxylation is 1. The summed E-state index contributed by atoms with van der Waals surface area (Å²) in [6.07, 6.45) is -0.174. The summed E-state index contributed by atoms with van der Waals surface area (Å²) in [4.78, 5) is 19.1. The van der Waals surface area contributed by atoms with Crippen LogP contribution < -0.4 is 0 Å². The van der Waals surface area contributed by atoms with Gasteiger partial charge in [0.15, 0.2) is 5.60 Å². The molecule has 0 radical (unpaired) electrons. The summed E-state index contributed by atoms with van der Waals surface area (Å²) in [5, 5.41) is 0. The predicted molar refractivity (Wildman–Crippen MR) is 108 cm³/mol. The highest BCUT2D eigenvalue weighted by molar-refractivity contribution is 5.72. The quantitative estimate of drug-likeness (QED) is 0.797. The van der Waals surface area contributed by atoms with Crippen molar-refractivity contribution in [3.8, 4) is 0 Å². The highest BCUT2D eigenvalue weighted by Gasteiger charge is 2.61. The summed E-state index contributed by atoms with van der Waals surface area (Å²) in [5.41, 5.74) is 2.64. The molecule has 3 heterocycles. The smallest absolute Gasteiger partial charge is 0.410 e. The number of likely N-dealkylation sites (tertiary alicyclic amines) is 1. The van der Waals surface area contributed by atoms with Gasteiger partial charge in [0, 0.05) is 45.8 Å². The average Bonchev–Trinajstić information content (AvgIpc) is 2.98. The fraction of sp³-hybridized carbons (Fsp3) is 0.435. The number of fused-ring (bicyclic) bond motifs is 2. The molecule has 5 nitrogen and oxygen atoms in total. The monoisotopic (exact) mass is 395 g/mol. The lowest BCUT2D eigenvalue weighted by molar-refractivity contribution is -0.107. The van der Waals surface area contributed by atoms with Gasteiger partial charge >= 0.3 is 6.09 Å². The van der Waals surface area contributed by atoms with Crippen molar-refractivity contribution in [1.82, 2.24) is 14.7 Å². The number of carbonyl (C=O) groups excluding carboxylic acids is 1. The molecule has 2 aromatic carbocycles. The number of hydrogen-bond acceptors (Lipinski definition) is 4. The van der Waals surface area contributed by atoms with Crippen LogP contribution in [0.1, 0.15) is 16.7 Å². The second-order valence-corrected chi connectivity index (χ2v) is 8.59. The van der Waals surface area contributed by atoms with E-state index in [1.54, 1.807) is 6.92 Å². The maximum atomic E-state index is 13.5. The molecule has 0 aliphatic carbocycles. The summed E-state index contributed by atoms with van der Waals surface area (Å²) in [6.45, 7) is 7.32. The molecule has 29 heavy (non-hydrogen) atoms. The van der Waals surface area contributed by atoms with Gasteiger partial charge in [-0.25, -0.2) is 9.18 Å². The minimum Gasteiger partial charge on any atom is -0.438 e. The van der Waals surface area contributed by atoms with Gasteiger partial charge in [0.25, 0.3) is 0 Å². The fourth-order valence-electron chi connectivity index (χ4n) is 4.96. The number of amides is 1. The SMILES string of the molecule is Cc1cc(CN2CC3(C2)OC(=O)N2CCN(Cc4ccccc4)CC23)ccc1F. The molecule has 0 saturated carbocycles. The first kappa shape index (κ1) is 18.6. The number of ether oxygens (including phenoxy) is 1. The van der Waals surface area contributed by atoms with Gasteiger partial charge in [-0.3, -0.25) is 14.7 Å². The molecule has 3 saturated heterocycles. The molecule has 1 spiro atoms. The van der Waals surface area contributed by atoms with Crippen LogP contribution >= 0.6 is 0 Å². The van der Waals surface area contributed by atoms with E-state index < -0.39 is 5.60 Å². The molecule has 6 heteroatoms. The molecule has 0 bridgehead atoms. The van der Waals surface area contributed by atoms with Crippen molar-refractivity contribution in [1.29, 1.82) is 0 Å². The lowest BCUT2D eigenvalue weighted by Crippen LogP contribution is -2.70. The average molecular weight is 395 g/mol. The molecule has 0 N–H and O–H groups in total. The minimum absolute atomic E-state index is 0.0960. The van der Waals surface area contributed by atoms with Crippen LogP contribution in [-0.4, -0.2) is 65.2 Å². The zero-order valence-electron chi connectivity index (χ0n) is 16.7. The summed E-state index contributed by atoms with van der Waals surface area (Å²) in [7, 11) is 0. The Kier molecular flexibility index (Phi) is 4.56. The van der Waals surface area contributed by atoms with Crippen molar-refractivity contribution in [3.63, 3.8) is 0 Å². The third kappa shape index (κ3) is 3.40. The van der Waals surface area contributed by atoms with Gasteiger partial charge in [0.05, 0.1) is 6.04 Å². The van der Waals surface area contributed by atoms with Crippen LogP contribution in [0.5, 0.6) is 0 Å². The predicted octanol–water partition coefficient (Wildman–Crippen LogP) is 3.03. The Labute approximate surface area is 170 Å². The van der Waals surface area contributed by atoms with Crippen molar-refractivity contribution >= 4 is 6.09 Å². The standard InChI is InChI=1S/C23H26FN3O2/c1-17-11-19(7-8-20(17)24)13-26-15-23(16-26)21-14-25(9-10-27(21)22(28)29-23)12-18-5-3-2-4-6-18/h2-8,11,21H,9-10,12-16H2,1H3. The zero-order valence-corrected chi connectivity index (χ0v) is 16.7. The third-order valence-electron chi connectivity index (χ3n) is 6.46. The molecular formula is C23H26FN3O2. The number of nitrogens with zero attached hydrogens (tertiary/aromatic N) is 3. The summed E-state index contributed by atoms with van der Waals surface area (Å²) in [5.74, 6) is -0.171. The van der Waals surface area contributed by atoms with E-state index >= 15 is 0 Å². The topological polar surface area (TPSA) is 36.0 Å². The van der Waals surface area contributed by atoms with E-state index in [4.69, 9.17) is 4.74 Å². The number of benzene rings is 2. The maximum Gasteiger partial charge on any atom is 0.410 e. The van der Waals surface area contributed by atoms with Crippen molar-refractivity contribution in [3.05, 3.63) is 71.0 Å². The van der Waals surface area contributed by atoms with E-state index in [2.05, 4.69) is 34.1 Å². The summed E-state index contributed by atoms with van der Waals surface area (Å²) >= 11 is 0. The van der Waals surface area contributed by atoms with Crippen molar-refractivity contribution < 1.29 is 13.9 Å². The number of carbonyl (C=O) groups is 1. The molecule has 0 aromatic heterocycles. The van der Waals surface area contributed by atoms with Crippen LogP contribution in [0.4, 0.5) is 9.18 Å². The first-order valence-electron chi connectivity index (χ1n) is 10.3. The highest BCUT2D eigenvalue weighted by atomic mass is 19.1. The van der Waals surface area contributed by atoms with Gasteiger partial charge in [0.1, 0.15) is 5.82 Å². The van der Waals surface area contributed by atoms with Crippen LogP contribution in [0.25, 0.3) is 0 Å². The molecule has 1 atom stereocenters. The number of piperazine rings is 1. The highest BCUT2D eigenvalue weighted by Crippen LogP contribution is 2.40. The van der Waals surface area contributed by atoms with E-state index in [1.807, 2.05) is 23.1 Å². The van der Waals surface area contributed by atoms with Gasteiger partial charge in [0.2, 0.25) is 0 Å². The molecule has 3 aliphatic rings. The van der Waals surface area contributed by atoms with E-state index in [1.165, 1.54) is 11.6 Å². The molecule has 3 fully saturated rings. The number of halogens is 1. The van der Waals surface area contributed by atoms with E-state index in [9.17, 15) is 9.18 Å². The fourth-order valence-corrected chi connectivity index (χ4v) is 4.96. The van der Waals surface area contributed by atoms with Crippen LogP contribution in [0.3, 0.4) is 0 Å². The van der Waals surface area contributed by atoms with Crippen LogP contribution in [0.15, 0.2) is 48.5 Å². The second-order valence-electron chi connectivity index (χ2n) is 8.59. The normalized spacial score (nSPS) is 23.7. The van der Waals surface area contributed by atoms with Crippen molar-refractivity contribution in [2.45, 2.75) is 31.7 Å². The van der Waals surface area contributed by atoms with Gasteiger partial charge in [-0.05, 0) is 29.7 Å². The largest absolute Gasteiger partial charge is 0.438 e. The molecular weight excluding hydrogens is 369 g/mol. The molecule has 2 aromatic rings. The van der Waals surface area contributed by atoms with Gasteiger partial charge in [-0.2, -0.15) is 0 Å². The molecule has 5 rings (SSSR count). The summed E-state index contributed by atoms with van der Waals surface area (Å²) < 4.78 is 19.4. The number of rotatable bonds is 4. The molecule has 3 aliphatic heterocycles. The Balaban J connectivity index is 1.25. The van der Waals surface area contributed by atoms with E-state index in [-0.39, 0.29) is 18.0 Å². The Bertz CT molecular complexity index is 914. The van der Waals surface area contributed by atoms with E-state index in [0.29, 0.717) is 5.56 Å². The number of hydrogen-bond donors (Lipinski definition) is 0. The van der Waals surface area contributed by atoms with Crippen LogP contribution in [0, 0.1) is 12.7 Å². The van der Waals surface area contributed by atoms with Crippen molar-refractivity contribution in [2.24, 2.45) is 0 Å². The Morgan fingerprint density at radius 2 is 1.79 bits per heavy atom. The Morgan fingerprint density at radius 1 is 1.03 bits per heavy atom. The maximum absolute atomic E-state index is 13.5. The first-order chi connectivity index (χ1) is 14.0. The third-order valence-corrected chi connectivity index (χ3v) is 6.46. The van der Waals surface area contributed by atoms with Crippen LogP contribution in [-0.2, 0) is 17.8 Å². The van der Waals surface area contributed by atoms with Crippen LogP contribution in [0.2, 0.25) is 0 Å². The summed E-state index contributed by atoms with van der Waals surface area (Å²) in [6, 6.07) is 15.8. The molecule has 1 amide bonds. The van der Waals surface area contributed by atoms with Crippen molar-refractivity contribution in [2.75, 3.05) is 32.7 Å². The zero-order chi connectivity index (χ0) is 20.0. The van der Waals surface area contributed by atoms with Gasteiger partial charge in [-0.1, -0.05) is 42.5 Å². The molecule has 152 valence electrons.